The number of hydrogen-bond acceptors (Lipinski definition) is 3. The Balaban J connectivity index is 1.53. The van der Waals surface area contributed by atoms with Gasteiger partial charge in [-0.1, -0.05) is 12.1 Å². The molecule has 0 radical (unpaired) electrons. The van der Waals surface area contributed by atoms with Crippen LogP contribution in [0.4, 0.5) is 5.69 Å². The lowest BCUT2D eigenvalue weighted by Gasteiger charge is -2.33. The summed E-state index contributed by atoms with van der Waals surface area (Å²) in [6, 6.07) is 7.01. The Labute approximate surface area is 129 Å². The van der Waals surface area contributed by atoms with E-state index in [1.54, 1.807) is 0 Å². The molecule has 21 heavy (non-hydrogen) atoms. The first-order chi connectivity index (χ1) is 10.2. The second-order valence-electron chi connectivity index (χ2n) is 7.00. The summed E-state index contributed by atoms with van der Waals surface area (Å²) in [7, 11) is 4.38. The fraction of sp³-hybridized carbons (Fsp3) is 0.667. The number of anilines is 1. The Morgan fingerprint density at radius 1 is 1.24 bits per heavy atom. The van der Waals surface area contributed by atoms with E-state index in [0.29, 0.717) is 0 Å². The maximum atomic E-state index is 3.50. The van der Waals surface area contributed by atoms with E-state index < -0.39 is 0 Å². The van der Waals surface area contributed by atoms with Gasteiger partial charge in [0.15, 0.2) is 0 Å². The fourth-order valence-corrected chi connectivity index (χ4v) is 3.73. The number of aryl methyl sites for hydroxylation is 1. The minimum Gasteiger partial charge on any atom is -0.385 e. The van der Waals surface area contributed by atoms with Crippen molar-refractivity contribution < 1.29 is 0 Å². The molecule has 1 saturated heterocycles. The van der Waals surface area contributed by atoms with E-state index >= 15 is 0 Å². The van der Waals surface area contributed by atoms with Crippen molar-refractivity contribution in [3.05, 3.63) is 29.3 Å². The summed E-state index contributed by atoms with van der Waals surface area (Å²) in [5, 5.41) is 3.50. The number of benzene rings is 1. The van der Waals surface area contributed by atoms with Crippen LogP contribution in [0.1, 0.15) is 30.4 Å². The van der Waals surface area contributed by atoms with E-state index in [2.05, 4.69) is 47.4 Å². The van der Waals surface area contributed by atoms with Gasteiger partial charge >= 0.3 is 0 Å². The fourth-order valence-electron chi connectivity index (χ4n) is 3.73. The molecule has 1 aromatic rings. The van der Waals surface area contributed by atoms with E-state index in [9.17, 15) is 0 Å². The van der Waals surface area contributed by atoms with Gasteiger partial charge in [0.25, 0.3) is 0 Å². The average molecular weight is 287 g/mol. The first-order valence-corrected chi connectivity index (χ1v) is 8.43. The topological polar surface area (TPSA) is 18.5 Å². The maximum Gasteiger partial charge on any atom is 0.0372 e. The van der Waals surface area contributed by atoms with Crippen LogP contribution >= 0.6 is 0 Å². The van der Waals surface area contributed by atoms with Crippen LogP contribution in [-0.4, -0.2) is 50.1 Å². The van der Waals surface area contributed by atoms with Gasteiger partial charge in [-0.05, 0) is 76.0 Å². The smallest absolute Gasteiger partial charge is 0.0372 e. The Bertz CT molecular complexity index is 462. The van der Waals surface area contributed by atoms with Gasteiger partial charge < -0.3 is 10.2 Å². The quantitative estimate of drug-likeness (QED) is 0.918. The van der Waals surface area contributed by atoms with Crippen molar-refractivity contribution in [2.75, 3.05) is 45.6 Å². The highest BCUT2D eigenvalue weighted by molar-refractivity contribution is 5.54. The molecule has 0 saturated carbocycles. The van der Waals surface area contributed by atoms with E-state index in [0.717, 1.165) is 19.0 Å². The lowest BCUT2D eigenvalue weighted by Crippen LogP contribution is -2.36. The highest BCUT2D eigenvalue weighted by Crippen LogP contribution is 2.25. The summed E-state index contributed by atoms with van der Waals surface area (Å²) in [5.74, 6) is 0.893. The molecule has 116 valence electrons. The standard InChI is InChI=1S/C18H29N3/c1-20(2)13-15-7-10-21(11-8-15)14-16-5-6-18-17(12-16)4-3-9-19-18/h5-6,12,15,19H,3-4,7-11,13-14H2,1-2H3. The largest absolute Gasteiger partial charge is 0.385 e. The molecule has 3 nitrogen and oxygen atoms in total. The summed E-state index contributed by atoms with van der Waals surface area (Å²) in [6.07, 6.45) is 5.21. The molecular weight excluding hydrogens is 258 g/mol. The molecule has 0 aromatic heterocycles. The predicted octanol–water partition coefficient (Wildman–Crippen LogP) is 2.82. The lowest BCUT2D eigenvalue weighted by atomic mass is 9.95. The monoisotopic (exact) mass is 287 g/mol. The number of hydrogen-bond donors (Lipinski definition) is 1. The molecule has 0 bridgehead atoms. The molecule has 0 unspecified atom stereocenters. The SMILES string of the molecule is CN(C)CC1CCN(Cc2ccc3c(c2)CCCN3)CC1. The van der Waals surface area contributed by atoms with Gasteiger partial charge in [-0.15, -0.1) is 0 Å². The second kappa shape index (κ2) is 6.80. The minimum absolute atomic E-state index is 0.893. The third-order valence-corrected chi connectivity index (χ3v) is 4.84. The Morgan fingerprint density at radius 2 is 2.05 bits per heavy atom. The van der Waals surface area contributed by atoms with Gasteiger partial charge in [0, 0.05) is 25.3 Å². The third kappa shape index (κ3) is 3.98. The van der Waals surface area contributed by atoms with Gasteiger partial charge in [-0.25, -0.2) is 0 Å². The van der Waals surface area contributed by atoms with Crippen LogP contribution in [0.25, 0.3) is 0 Å². The van der Waals surface area contributed by atoms with Gasteiger partial charge in [-0.2, -0.15) is 0 Å². The Kier molecular flexibility index (Phi) is 4.81. The van der Waals surface area contributed by atoms with Crippen molar-refractivity contribution >= 4 is 5.69 Å². The van der Waals surface area contributed by atoms with Crippen molar-refractivity contribution in [2.45, 2.75) is 32.2 Å². The molecule has 0 aliphatic carbocycles. The minimum atomic E-state index is 0.893. The summed E-state index contributed by atoms with van der Waals surface area (Å²) < 4.78 is 0. The van der Waals surface area contributed by atoms with Crippen molar-refractivity contribution in [1.82, 2.24) is 9.80 Å². The molecule has 2 aliphatic heterocycles. The summed E-state index contributed by atoms with van der Waals surface area (Å²) in [4.78, 5) is 4.96. The zero-order valence-corrected chi connectivity index (χ0v) is 13.6. The molecule has 1 N–H and O–H groups in total. The van der Waals surface area contributed by atoms with E-state index in [4.69, 9.17) is 0 Å². The van der Waals surface area contributed by atoms with Crippen LogP contribution in [0.15, 0.2) is 18.2 Å². The zero-order chi connectivity index (χ0) is 14.7. The number of nitrogens with zero attached hydrogens (tertiary/aromatic N) is 2. The number of nitrogens with one attached hydrogen (secondary N) is 1. The molecular formula is C18H29N3. The number of fused-ring (bicyclic) bond motifs is 1. The van der Waals surface area contributed by atoms with Crippen molar-refractivity contribution in [3.8, 4) is 0 Å². The summed E-state index contributed by atoms with van der Waals surface area (Å²) in [6.45, 7) is 6.02. The van der Waals surface area contributed by atoms with Crippen LogP contribution in [-0.2, 0) is 13.0 Å². The molecule has 0 atom stereocenters. The molecule has 3 rings (SSSR count). The molecule has 2 aliphatic rings. The van der Waals surface area contributed by atoms with Crippen LogP contribution in [0.2, 0.25) is 0 Å². The average Bonchev–Trinajstić information content (AvgIpc) is 2.49. The molecule has 3 heteroatoms. The summed E-state index contributed by atoms with van der Waals surface area (Å²) in [5.41, 5.74) is 4.36. The third-order valence-electron chi connectivity index (χ3n) is 4.84. The van der Waals surface area contributed by atoms with Gasteiger partial charge in [0.2, 0.25) is 0 Å². The normalized spacial score (nSPS) is 20.3. The van der Waals surface area contributed by atoms with Gasteiger partial charge in [0.05, 0.1) is 0 Å². The van der Waals surface area contributed by atoms with E-state index in [1.165, 1.54) is 62.1 Å². The predicted molar refractivity (Wildman–Crippen MR) is 89.8 cm³/mol. The maximum absolute atomic E-state index is 3.50. The summed E-state index contributed by atoms with van der Waals surface area (Å²) >= 11 is 0. The van der Waals surface area contributed by atoms with Gasteiger partial charge in [-0.3, -0.25) is 4.90 Å². The van der Waals surface area contributed by atoms with Crippen molar-refractivity contribution in [3.63, 3.8) is 0 Å². The van der Waals surface area contributed by atoms with Crippen LogP contribution < -0.4 is 5.32 Å². The Morgan fingerprint density at radius 3 is 2.81 bits per heavy atom. The number of likely N-dealkylation sites (tertiary alicyclic amines) is 1. The first kappa shape index (κ1) is 14.9. The molecule has 0 spiro atoms. The van der Waals surface area contributed by atoms with Crippen LogP contribution in [0.5, 0.6) is 0 Å². The molecule has 1 fully saturated rings. The molecule has 2 heterocycles. The number of piperidine rings is 1. The molecule has 1 aromatic carbocycles. The molecule has 0 amide bonds. The van der Waals surface area contributed by atoms with Crippen LogP contribution in [0.3, 0.4) is 0 Å². The first-order valence-electron chi connectivity index (χ1n) is 8.43. The second-order valence-corrected chi connectivity index (χ2v) is 7.00. The Hall–Kier alpha value is -1.06. The highest BCUT2D eigenvalue weighted by atomic mass is 15.1. The zero-order valence-electron chi connectivity index (χ0n) is 13.6. The lowest BCUT2D eigenvalue weighted by molar-refractivity contribution is 0.157. The van der Waals surface area contributed by atoms with Gasteiger partial charge in [0.1, 0.15) is 0 Å². The number of rotatable bonds is 4. The van der Waals surface area contributed by atoms with E-state index in [-0.39, 0.29) is 0 Å². The highest BCUT2D eigenvalue weighted by Gasteiger charge is 2.20. The van der Waals surface area contributed by atoms with Crippen molar-refractivity contribution in [1.29, 1.82) is 0 Å². The van der Waals surface area contributed by atoms with Crippen molar-refractivity contribution in [2.24, 2.45) is 5.92 Å². The van der Waals surface area contributed by atoms with Crippen LogP contribution in [0, 0.1) is 5.92 Å². The van der Waals surface area contributed by atoms with E-state index in [1.807, 2.05) is 0 Å².